The van der Waals surface area contributed by atoms with Gasteiger partial charge in [-0.1, -0.05) is 97.1 Å². The summed E-state index contributed by atoms with van der Waals surface area (Å²) >= 11 is 0. The van der Waals surface area contributed by atoms with E-state index in [0.717, 1.165) is 99.4 Å². The van der Waals surface area contributed by atoms with E-state index in [1.807, 2.05) is 30.6 Å². The van der Waals surface area contributed by atoms with Gasteiger partial charge >= 0.3 is 0 Å². The molecule has 0 unspecified atom stereocenters. The molecule has 5 heterocycles. The van der Waals surface area contributed by atoms with Gasteiger partial charge in [0.05, 0.1) is 44.8 Å². The fraction of sp³-hybridized carbons (Fsp3) is 0. The Bertz CT molecular complexity index is 2930. The van der Waals surface area contributed by atoms with E-state index >= 15 is 0 Å². The number of aromatic nitrogens is 5. The first-order chi connectivity index (χ1) is 24.7. The van der Waals surface area contributed by atoms with Crippen LogP contribution in [0, 0.1) is 0 Å². The van der Waals surface area contributed by atoms with E-state index in [1.54, 1.807) is 0 Å². The van der Waals surface area contributed by atoms with Crippen molar-refractivity contribution in [2.24, 2.45) is 0 Å². The van der Waals surface area contributed by atoms with Crippen molar-refractivity contribution in [3.05, 3.63) is 164 Å². The summed E-state index contributed by atoms with van der Waals surface area (Å²) in [7, 11) is 0. The van der Waals surface area contributed by atoms with Gasteiger partial charge in [-0.3, -0.25) is 9.97 Å². The summed E-state index contributed by atoms with van der Waals surface area (Å²) < 4.78 is 0. The summed E-state index contributed by atoms with van der Waals surface area (Å²) in [6, 6.07) is 52.6. The van der Waals surface area contributed by atoms with Crippen molar-refractivity contribution in [1.82, 2.24) is 24.9 Å². The molecule has 0 fully saturated rings. The topological polar surface area (TPSA) is 64.5 Å². The monoisotopic (exact) mass is 637 g/mol. The molecule has 5 nitrogen and oxygen atoms in total. The van der Waals surface area contributed by atoms with Crippen LogP contribution in [-0.2, 0) is 0 Å². The largest absolute Gasteiger partial charge is 0.254 e. The maximum atomic E-state index is 5.03. The second kappa shape index (κ2) is 11.4. The van der Waals surface area contributed by atoms with Gasteiger partial charge in [-0.15, -0.1) is 0 Å². The minimum atomic E-state index is 0.870. The van der Waals surface area contributed by atoms with Gasteiger partial charge in [-0.2, -0.15) is 0 Å². The lowest BCUT2D eigenvalue weighted by atomic mass is 10.00. The van der Waals surface area contributed by atoms with Crippen molar-refractivity contribution in [2.75, 3.05) is 0 Å². The zero-order chi connectivity index (χ0) is 33.0. The van der Waals surface area contributed by atoms with E-state index in [9.17, 15) is 0 Å². The molecule has 0 aliphatic heterocycles. The van der Waals surface area contributed by atoms with Crippen molar-refractivity contribution in [3.8, 4) is 45.0 Å². The molecular formula is C45H27N5. The minimum Gasteiger partial charge on any atom is -0.254 e. The van der Waals surface area contributed by atoms with E-state index in [-0.39, 0.29) is 0 Å². The second-order valence-electron chi connectivity index (χ2n) is 12.6. The van der Waals surface area contributed by atoms with Crippen molar-refractivity contribution in [3.63, 3.8) is 0 Å². The van der Waals surface area contributed by atoms with Crippen LogP contribution in [0.5, 0.6) is 0 Å². The molecular weight excluding hydrogens is 611 g/mol. The van der Waals surface area contributed by atoms with Crippen LogP contribution < -0.4 is 0 Å². The Balaban J connectivity index is 0.916. The smallest absolute Gasteiger partial charge is 0.0972 e. The van der Waals surface area contributed by atoms with Crippen molar-refractivity contribution in [2.45, 2.75) is 0 Å². The third kappa shape index (κ3) is 4.92. The van der Waals surface area contributed by atoms with E-state index in [2.05, 4.69) is 143 Å². The van der Waals surface area contributed by atoms with E-state index in [0.29, 0.717) is 0 Å². The summed E-state index contributed by atoms with van der Waals surface area (Å²) in [4.78, 5) is 24.2. The zero-order valence-corrected chi connectivity index (χ0v) is 26.8. The maximum absolute atomic E-state index is 5.03. The number of fused-ring (bicyclic) bond motifs is 6. The van der Waals surface area contributed by atoms with Gasteiger partial charge in [0.2, 0.25) is 0 Å². The summed E-state index contributed by atoms with van der Waals surface area (Å²) in [5, 5.41) is 6.65. The fourth-order valence-electron chi connectivity index (χ4n) is 6.83. The highest BCUT2D eigenvalue weighted by Gasteiger charge is 2.10. The predicted octanol–water partition coefficient (Wildman–Crippen LogP) is 11.1. The minimum absolute atomic E-state index is 0.870. The molecule has 5 aromatic carbocycles. The zero-order valence-electron chi connectivity index (χ0n) is 26.8. The molecule has 0 aliphatic rings. The van der Waals surface area contributed by atoms with E-state index in [1.165, 1.54) is 0 Å². The van der Waals surface area contributed by atoms with Gasteiger partial charge in [0.25, 0.3) is 0 Å². The Morgan fingerprint density at radius 2 is 0.840 bits per heavy atom. The molecule has 0 radical (unpaired) electrons. The van der Waals surface area contributed by atoms with Crippen molar-refractivity contribution in [1.29, 1.82) is 0 Å². The quantitative estimate of drug-likeness (QED) is 0.180. The Labute approximate surface area is 287 Å². The number of pyridine rings is 5. The van der Waals surface area contributed by atoms with Crippen LogP contribution in [0.3, 0.4) is 0 Å². The lowest BCUT2D eigenvalue weighted by Gasteiger charge is -2.09. The average molecular weight is 638 g/mol. The lowest BCUT2D eigenvalue weighted by Crippen LogP contribution is -1.90. The Morgan fingerprint density at radius 3 is 1.56 bits per heavy atom. The number of nitrogens with zero attached hydrogens (tertiary/aromatic N) is 5. The van der Waals surface area contributed by atoms with Gasteiger partial charge in [0.1, 0.15) is 0 Å². The molecule has 10 rings (SSSR count). The number of benzene rings is 5. The Kier molecular flexibility index (Phi) is 6.42. The van der Waals surface area contributed by atoms with Gasteiger partial charge < -0.3 is 0 Å². The molecule has 0 saturated heterocycles. The Hall–Kier alpha value is -6.85. The number of rotatable bonds is 4. The van der Waals surface area contributed by atoms with E-state index < -0.39 is 0 Å². The normalized spacial score (nSPS) is 11.6. The second-order valence-corrected chi connectivity index (χ2v) is 12.6. The average Bonchev–Trinajstić information content (AvgIpc) is 3.19. The molecule has 5 heteroatoms. The molecule has 0 aliphatic carbocycles. The summed E-state index contributed by atoms with van der Waals surface area (Å²) in [6.07, 6.45) is 3.74. The fourth-order valence-corrected chi connectivity index (χ4v) is 6.83. The number of hydrogen-bond donors (Lipinski definition) is 0. The van der Waals surface area contributed by atoms with Crippen molar-refractivity contribution >= 4 is 54.4 Å². The van der Waals surface area contributed by atoms with Gasteiger partial charge in [-0.05, 0) is 71.1 Å². The van der Waals surface area contributed by atoms with E-state index in [4.69, 9.17) is 15.0 Å². The first kappa shape index (κ1) is 28.2. The molecule has 0 amide bonds. The third-order valence-electron chi connectivity index (χ3n) is 9.51. The lowest BCUT2D eigenvalue weighted by molar-refractivity contribution is 1.29. The first-order valence-corrected chi connectivity index (χ1v) is 16.6. The van der Waals surface area contributed by atoms with Gasteiger partial charge in [-0.25, -0.2) is 15.0 Å². The first-order valence-electron chi connectivity index (χ1n) is 16.6. The molecule has 232 valence electrons. The molecule has 5 aromatic heterocycles. The third-order valence-corrected chi connectivity index (χ3v) is 9.51. The molecule has 50 heavy (non-hydrogen) atoms. The van der Waals surface area contributed by atoms with Crippen molar-refractivity contribution < 1.29 is 0 Å². The molecule has 0 N–H and O–H groups in total. The number of hydrogen-bond acceptors (Lipinski definition) is 5. The van der Waals surface area contributed by atoms with Crippen LogP contribution in [0.4, 0.5) is 0 Å². The molecule has 0 spiro atoms. The molecule has 10 aromatic rings. The van der Waals surface area contributed by atoms with Crippen LogP contribution >= 0.6 is 0 Å². The highest BCUT2D eigenvalue weighted by Crippen LogP contribution is 2.31. The molecule has 0 atom stereocenters. The SMILES string of the molecule is c1ccc2cc(-c3ccc4cc(-c5ccc6nc(-c7ccc(-c8ccc9ccc%10cccnc%10c9n8)cc7)ccc6c5)ccc4n3)ncc2c1. The maximum Gasteiger partial charge on any atom is 0.0972 e. The predicted molar refractivity (Wildman–Crippen MR) is 205 cm³/mol. The van der Waals surface area contributed by atoms with Crippen LogP contribution in [0.15, 0.2) is 164 Å². The highest BCUT2D eigenvalue weighted by atomic mass is 14.8. The van der Waals surface area contributed by atoms with Crippen LogP contribution in [0.2, 0.25) is 0 Å². The standard InChI is InChI=1S/C45H27N5/c1-2-5-37-27-47-43(26-32(37)4-1)42-22-17-36-25-34(15-20-41(36)49-42)33-14-19-40-35(24-33)16-21-38(48-40)28-7-9-29(10-8-28)39-18-13-31-12-11-30-6-3-23-46-44(30)45(31)50-39/h1-27H. The summed E-state index contributed by atoms with van der Waals surface area (Å²) in [5.41, 5.74) is 11.8. The molecule has 0 saturated carbocycles. The summed E-state index contributed by atoms with van der Waals surface area (Å²) in [6.45, 7) is 0. The van der Waals surface area contributed by atoms with Crippen LogP contribution in [0.1, 0.15) is 0 Å². The molecule has 0 bridgehead atoms. The van der Waals surface area contributed by atoms with Crippen LogP contribution in [0.25, 0.3) is 99.4 Å². The highest BCUT2D eigenvalue weighted by molar-refractivity contribution is 6.03. The summed E-state index contributed by atoms with van der Waals surface area (Å²) in [5.74, 6) is 0. The van der Waals surface area contributed by atoms with Crippen LogP contribution in [-0.4, -0.2) is 24.9 Å². The Morgan fingerprint density at radius 1 is 0.300 bits per heavy atom. The van der Waals surface area contributed by atoms with Gasteiger partial charge in [0, 0.05) is 50.5 Å². The van der Waals surface area contributed by atoms with Gasteiger partial charge in [0.15, 0.2) is 0 Å².